The second-order valence-electron chi connectivity index (χ2n) is 8.98. The number of benzene rings is 4. The van der Waals surface area contributed by atoms with Gasteiger partial charge in [-0.1, -0.05) is 133 Å². The molecule has 1 fully saturated rings. The molecule has 33 heavy (non-hydrogen) atoms. The maximum atomic E-state index is 14.9. The molecular formula is C32H24O. The minimum absolute atomic E-state index is 0.218. The molecule has 0 aliphatic heterocycles. The summed E-state index contributed by atoms with van der Waals surface area (Å²) in [5.74, 6) is 0.218. The van der Waals surface area contributed by atoms with Crippen LogP contribution in [0.1, 0.15) is 28.7 Å². The van der Waals surface area contributed by atoms with Crippen molar-refractivity contribution in [2.75, 3.05) is 0 Å². The molecule has 0 radical (unpaired) electrons. The van der Waals surface area contributed by atoms with Gasteiger partial charge in [-0.2, -0.15) is 0 Å². The first-order chi connectivity index (χ1) is 16.2. The summed E-state index contributed by atoms with van der Waals surface area (Å²) in [6.45, 7) is 4.56. The average Bonchev–Trinajstić information content (AvgIpc) is 3.26. The molecule has 0 N–H and O–H groups in total. The van der Waals surface area contributed by atoms with Gasteiger partial charge in [0, 0.05) is 0 Å². The first kappa shape index (κ1) is 19.7. The maximum absolute atomic E-state index is 14.9. The van der Waals surface area contributed by atoms with E-state index in [-0.39, 0.29) is 5.78 Å². The molecule has 0 heterocycles. The minimum atomic E-state index is -0.871. The summed E-state index contributed by atoms with van der Waals surface area (Å²) in [7, 11) is 0. The molecule has 2 bridgehead atoms. The Bertz CT molecular complexity index is 1380. The van der Waals surface area contributed by atoms with Crippen LogP contribution in [0.5, 0.6) is 0 Å². The lowest BCUT2D eigenvalue weighted by Gasteiger charge is -2.35. The van der Waals surface area contributed by atoms with E-state index in [1.165, 1.54) is 0 Å². The molecule has 4 aromatic rings. The largest absolute Gasteiger partial charge is 0.297 e. The highest BCUT2D eigenvalue weighted by Gasteiger charge is 2.69. The second kappa shape index (κ2) is 7.28. The highest BCUT2D eigenvalue weighted by atomic mass is 16.1. The zero-order valence-electron chi connectivity index (χ0n) is 18.4. The van der Waals surface area contributed by atoms with E-state index in [4.69, 9.17) is 0 Å². The lowest BCUT2D eigenvalue weighted by molar-refractivity contribution is -0.122. The van der Waals surface area contributed by atoms with Crippen molar-refractivity contribution in [2.24, 2.45) is 0 Å². The van der Waals surface area contributed by atoms with Crippen molar-refractivity contribution in [1.29, 1.82) is 0 Å². The number of fused-ring (bicyclic) bond motifs is 2. The van der Waals surface area contributed by atoms with E-state index >= 15 is 0 Å². The summed E-state index contributed by atoms with van der Waals surface area (Å²) in [6.07, 6.45) is 0.616. The number of carbonyl (C=O) groups is 1. The lowest BCUT2D eigenvalue weighted by Crippen LogP contribution is -2.36. The Labute approximate surface area is 194 Å². The topological polar surface area (TPSA) is 17.1 Å². The predicted molar refractivity (Wildman–Crippen MR) is 135 cm³/mol. The van der Waals surface area contributed by atoms with Crippen molar-refractivity contribution in [3.63, 3.8) is 0 Å². The summed E-state index contributed by atoms with van der Waals surface area (Å²) in [6, 6.07) is 41.3. The molecule has 0 amide bonds. The Balaban J connectivity index is 1.81. The van der Waals surface area contributed by atoms with Crippen molar-refractivity contribution in [1.82, 2.24) is 0 Å². The summed E-state index contributed by atoms with van der Waals surface area (Å²) in [5, 5.41) is 0. The van der Waals surface area contributed by atoms with E-state index in [9.17, 15) is 4.79 Å². The van der Waals surface area contributed by atoms with Gasteiger partial charge in [0.05, 0.1) is 5.41 Å². The molecule has 1 saturated carbocycles. The van der Waals surface area contributed by atoms with Crippen LogP contribution in [0.4, 0.5) is 0 Å². The molecule has 1 heteroatoms. The monoisotopic (exact) mass is 424 g/mol. The Kier molecular flexibility index (Phi) is 4.35. The third kappa shape index (κ3) is 2.51. The molecule has 2 aliphatic rings. The van der Waals surface area contributed by atoms with E-state index in [1.54, 1.807) is 0 Å². The molecular weight excluding hydrogens is 400 g/mol. The lowest BCUT2D eigenvalue weighted by atomic mass is 9.66. The number of allylic oxidation sites excluding steroid dienone is 3. The molecule has 4 aromatic carbocycles. The Morgan fingerprint density at radius 3 is 1.48 bits per heavy atom. The summed E-state index contributed by atoms with van der Waals surface area (Å²) in [5.41, 5.74) is 5.74. The zero-order valence-corrected chi connectivity index (χ0v) is 18.4. The minimum Gasteiger partial charge on any atom is -0.297 e. The fraction of sp³-hybridized carbons (Fsp3) is 0.0938. The van der Waals surface area contributed by atoms with Crippen molar-refractivity contribution in [3.8, 4) is 0 Å². The highest BCUT2D eigenvalue weighted by Crippen LogP contribution is 2.69. The van der Waals surface area contributed by atoms with Crippen molar-refractivity contribution in [3.05, 3.63) is 156 Å². The zero-order chi connectivity index (χ0) is 22.5. The van der Waals surface area contributed by atoms with E-state index in [1.807, 2.05) is 48.5 Å². The van der Waals surface area contributed by atoms with Crippen molar-refractivity contribution >= 4 is 16.9 Å². The van der Waals surface area contributed by atoms with Crippen LogP contribution in [0.15, 0.2) is 133 Å². The fourth-order valence-corrected chi connectivity index (χ4v) is 6.14. The Hall–Kier alpha value is -3.97. The fourth-order valence-electron chi connectivity index (χ4n) is 6.14. The van der Waals surface area contributed by atoms with Gasteiger partial charge in [-0.25, -0.2) is 0 Å². The van der Waals surface area contributed by atoms with Crippen LogP contribution in [-0.2, 0) is 15.6 Å². The summed E-state index contributed by atoms with van der Waals surface area (Å²) < 4.78 is 0. The normalized spacial score (nSPS) is 23.9. The summed E-state index contributed by atoms with van der Waals surface area (Å²) >= 11 is 0. The number of Topliss-reactive ketones (excluding diaryl/α,β-unsaturated/α-hetero) is 1. The molecule has 0 saturated heterocycles. The number of carbonyl (C=O) groups excluding carboxylic acids is 1. The van der Waals surface area contributed by atoms with Gasteiger partial charge in [0.15, 0.2) is 5.78 Å². The number of hydrogen-bond acceptors (Lipinski definition) is 1. The van der Waals surface area contributed by atoms with E-state index in [0.717, 1.165) is 39.0 Å². The number of rotatable bonds is 4. The first-order valence-corrected chi connectivity index (χ1v) is 11.4. The highest BCUT2D eigenvalue weighted by molar-refractivity contribution is 6.31. The third-order valence-electron chi connectivity index (χ3n) is 7.39. The van der Waals surface area contributed by atoms with Gasteiger partial charge in [-0.15, -0.1) is 0 Å². The molecule has 0 spiro atoms. The van der Waals surface area contributed by atoms with Gasteiger partial charge in [0.25, 0.3) is 0 Å². The van der Waals surface area contributed by atoms with Crippen molar-refractivity contribution in [2.45, 2.75) is 17.3 Å². The Morgan fingerprint density at radius 1 is 0.545 bits per heavy atom. The predicted octanol–water partition coefficient (Wildman–Crippen LogP) is 7.02. The van der Waals surface area contributed by atoms with Crippen LogP contribution in [0.2, 0.25) is 0 Å². The van der Waals surface area contributed by atoms with Gasteiger partial charge in [0.2, 0.25) is 0 Å². The van der Waals surface area contributed by atoms with Crippen LogP contribution in [0.3, 0.4) is 0 Å². The molecule has 0 unspecified atom stereocenters. The molecule has 0 aromatic heterocycles. The molecule has 6 rings (SSSR count). The van der Waals surface area contributed by atoms with Crippen LogP contribution in [0, 0.1) is 0 Å². The van der Waals surface area contributed by atoms with Crippen LogP contribution >= 0.6 is 0 Å². The van der Waals surface area contributed by atoms with Gasteiger partial charge in [-0.05, 0) is 39.8 Å². The SMILES string of the molecule is C=C1C[C@]2(c3ccccc3)C(=O)[C@@]1(c1ccccc1)C(c1ccccc1)=C2c1ccccc1. The second-order valence-corrected chi connectivity index (χ2v) is 8.98. The number of hydrogen-bond donors (Lipinski definition) is 0. The van der Waals surface area contributed by atoms with Gasteiger partial charge >= 0.3 is 0 Å². The quantitative estimate of drug-likeness (QED) is 0.322. The molecule has 158 valence electrons. The van der Waals surface area contributed by atoms with Crippen LogP contribution < -0.4 is 0 Å². The first-order valence-electron chi connectivity index (χ1n) is 11.4. The third-order valence-corrected chi connectivity index (χ3v) is 7.39. The van der Waals surface area contributed by atoms with Gasteiger partial charge in [-0.3, -0.25) is 4.79 Å². The molecule has 2 aliphatic carbocycles. The standard InChI is InChI=1S/C32H24O/c1-23-22-31(26-18-10-4-11-19-26)28(24-14-6-2-7-15-24)29(25-16-8-3-9-17-25)32(23,30(31)33)27-20-12-5-13-21-27/h2-21H,1,22H2/t31-,32+/m1/s1. The van der Waals surface area contributed by atoms with Crippen LogP contribution in [0.25, 0.3) is 11.1 Å². The Morgan fingerprint density at radius 2 is 0.970 bits per heavy atom. The number of ketones is 1. The smallest absolute Gasteiger partial charge is 0.167 e. The van der Waals surface area contributed by atoms with Gasteiger partial charge < -0.3 is 0 Å². The molecule has 2 atom stereocenters. The molecule has 1 nitrogen and oxygen atoms in total. The average molecular weight is 425 g/mol. The van der Waals surface area contributed by atoms with Crippen molar-refractivity contribution < 1.29 is 4.79 Å². The van der Waals surface area contributed by atoms with E-state index in [2.05, 4.69) is 79.4 Å². The van der Waals surface area contributed by atoms with Gasteiger partial charge in [0.1, 0.15) is 5.41 Å². The van der Waals surface area contributed by atoms with E-state index in [0.29, 0.717) is 6.42 Å². The summed E-state index contributed by atoms with van der Waals surface area (Å²) in [4.78, 5) is 14.9. The van der Waals surface area contributed by atoms with E-state index < -0.39 is 10.8 Å². The van der Waals surface area contributed by atoms with Crippen LogP contribution in [-0.4, -0.2) is 5.78 Å². The maximum Gasteiger partial charge on any atom is 0.167 e.